The predicted molar refractivity (Wildman–Crippen MR) is 75.7 cm³/mol. The number of aromatic nitrogens is 2. The molecule has 1 aromatic carbocycles. The molecular formula is C14H7Cl2F3N2. The van der Waals surface area contributed by atoms with Crippen LogP contribution in [0.3, 0.4) is 0 Å². The molecule has 2 heterocycles. The summed E-state index contributed by atoms with van der Waals surface area (Å²) in [5.74, 6) is 0. The summed E-state index contributed by atoms with van der Waals surface area (Å²) < 4.78 is 40.3. The molecule has 21 heavy (non-hydrogen) atoms. The van der Waals surface area contributed by atoms with E-state index in [1.807, 2.05) is 0 Å². The van der Waals surface area contributed by atoms with Gasteiger partial charge in [-0.1, -0.05) is 29.3 Å². The second-order valence-electron chi connectivity index (χ2n) is 4.37. The zero-order valence-corrected chi connectivity index (χ0v) is 11.8. The molecule has 0 unspecified atom stereocenters. The van der Waals surface area contributed by atoms with Gasteiger partial charge in [0.2, 0.25) is 0 Å². The number of hydrogen-bond acceptors (Lipinski definition) is 1. The third-order valence-electron chi connectivity index (χ3n) is 3.01. The van der Waals surface area contributed by atoms with Crippen molar-refractivity contribution in [2.75, 3.05) is 0 Å². The monoisotopic (exact) mass is 330 g/mol. The van der Waals surface area contributed by atoms with Crippen molar-refractivity contribution in [1.29, 1.82) is 0 Å². The Balaban J connectivity index is 2.28. The van der Waals surface area contributed by atoms with Crippen molar-refractivity contribution in [3.8, 4) is 11.3 Å². The average molecular weight is 331 g/mol. The molecule has 0 bridgehead atoms. The fraction of sp³-hybridized carbons (Fsp3) is 0.0714. The van der Waals surface area contributed by atoms with Gasteiger partial charge in [0, 0.05) is 18.0 Å². The second kappa shape index (κ2) is 4.93. The maximum Gasteiger partial charge on any atom is 0.419 e. The summed E-state index contributed by atoms with van der Waals surface area (Å²) in [4.78, 5) is 4.05. The van der Waals surface area contributed by atoms with E-state index in [1.54, 1.807) is 18.2 Å². The van der Waals surface area contributed by atoms with Gasteiger partial charge in [0.1, 0.15) is 5.65 Å². The smallest absolute Gasteiger partial charge is 0.306 e. The van der Waals surface area contributed by atoms with Crippen LogP contribution in [0.15, 0.2) is 42.7 Å². The Morgan fingerprint density at radius 2 is 1.67 bits per heavy atom. The highest BCUT2D eigenvalue weighted by atomic mass is 35.5. The van der Waals surface area contributed by atoms with E-state index in [-0.39, 0.29) is 5.65 Å². The Hall–Kier alpha value is -1.72. The van der Waals surface area contributed by atoms with Crippen molar-refractivity contribution < 1.29 is 13.2 Å². The molecule has 2 nitrogen and oxygen atoms in total. The van der Waals surface area contributed by atoms with Gasteiger partial charge in [0.15, 0.2) is 0 Å². The normalized spacial score (nSPS) is 12.0. The Morgan fingerprint density at radius 3 is 2.29 bits per heavy atom. The Kier molecular flexibility index (Phi) is 3.34. The third-order valence-corrected chi connectivity index (χ3v) is 3.64. The molecule has 0 N–H and O–H groups in total. The highest BCUT2D eigenvalue weighted by molar-refractivity contribution is 6.39. The lowest BCUT2D eigenvalue weighted by atomic mass is 10.2. The van der Waals surface area contributed by atoms with Gasteiger partial charge in [-0.05, 0) is 24.3 Å². The SMILES string of the molecule is FC(F)(F)c1cccn2cc(-c3c(Cl)cccc3Cl)nc12. The van der Waals surface area contributed by atoms with Gasteiger partial charge >= 0.3 is 6.18 Å². The van der Waals surface area contributed by atoms with Crippen LogP contribution >= 0.6 is 23.2 Å². The van der Waals surface area contributed by atoms with Gasteiger partial charge in [-0.15, -0.1) is 0 Å². The summed E-state index contributed by atoms with van der Waals surface area (Å²) in [5.41, 5.74) is -0.282. The molecule has 0 saturated heterocycles. The molecule has 0 atom stereocenters. The van der Waals surface area contributed by atoms with E-state index in [0.717, 1.165) is 6.07 Å². The molecule has 3 aromatic rings. The van der Waals surface area contributed by atoms with E-state index in [9.17, 15) is 13.2 Å². The maximum atomic E-state index is 13.0. The molecule has 108 valence electrons. The first kappa shape index (κ1) is 14.2. The van der Waals surface area contributed by atoms with E-state index in [2.05, 4.69) is 4.98 Å². The molecule has 0 radical (unpaired) electrons. The molecule has 2 aromatic heterocycles. The molecule has 0 aliphatic rings. The van der Waals surface area contributed by atoms with Crippen LogP contribution in [0.1, 0.15) is 5.56 Å². The zero-order valence-electron chi connectivity index (χ0n) is 10.3. The van der Waals surface area contributed by atoms with Crippen LogP contribution in [-0.2, 0) is 6.18 Å². The van der Waals surface area contributed by atoms with Crippen molar-refractivity contribution in [3.05, 3.63) is 58.3 Å². The molecule has 0 amide bonds. The number of imidazole rings is 1. The highest BCUT2D eigenvalue weighted by Gasteiger charge is 2.34. The quantitative estimate of drug-likeness (QED) is 0.589. The number of pyridine rings is 1. The number of benzene rings is 1. The number of alkyl halides is 3. The predicted octanol–water partition coefficient (Wildman–Crippen LogP) is 5.33. The van der Waals surface area contributed by atoms with Crippen LogP contribution in [0.4, 0.5) is 13.2 Å². The van der Waals surface area contributed by atoms with E-state index in [1.165, 1.54) is 22.9 Å². The molecule has 7 heteroatoms. The van der Waals surface area contributed by atoms with Gasteiger partial charge in [-0.25, -0.2) is 4.98 Å². The first-order valence-electron chi connectivity index (χ1n) is 5.87. The van der Waals surface area contributed by atoms with E-state index >= 15 is 0 Å². The minimum absolute atomic E-state index is 0.184. The first-order chi connectivity index (χ1) is 9.88. The Bertz CT molecular complexity index is 804. The topological polar surface area (TPSA) is 17.3 Å². The lowest BCUT2D eigenvalue weighted by Gasteiger charge is -2.06. The van der Waals surface area contributed by atoms with Gasteiger partial charge < -0.3 is 4.40 Å². The number of rotatable bonds is 1. The van der Waals surface area contributed by atoms with Crippen molar-refractivity contribution in [1.82, 2.24) is 9.38 Å². The summed E-state index contributed by atoms with van der Waals surface area (Å²) in [6, 6.07) is 7.18. The lowest BCUT2D eigenvalue weighted by molar-refractivity contribution is -0.136. The van der Waals surface area contributed by atoms with E-state index in [0.29, 0.717) is 21.3 Å². The van der Waals surface area contributed by atoms with Gasteiger partial charge in [-0.2, -0.15) is 13.2 Å². The van der Waals surface area contributed by atoms with E-state index < -0.39 is 11.7 Å². The fourth-order valence-corrected chi connectivity index (χ4v) is 2.69. The Morgan fingerprint density at radius 1 is 1.00 bits per heavy atom. The molecule has 0 spiro atoms. The third kappa shape index (κ3) is 2.47. The van der Waals surface area contributed by atoms with Gasteiger partial charge in [0.25, 0.3) is 0 Å². The first-order valence-corrected chi connectivity index (χ1v) is 6.63. The van der Waals surface area contributed by atoms with Crippen molar-refractivity contribution >= 4 is 28.8 Å². The standard InChI is InChI=1S/C14H7Cl2F3N2/c15-9-4-1-5-10(16)12(9)11-7-21-6-2-3-8(13(21)20-11)14(17,18)19/h1-7H. The second-order valence-corrected chi connectivity index (χ2v) is 5.19. The summed E-state index contributed by atoms with van der Waals surface area (Å²) in [6.07, 6.45) is -1.51. The largest absolute Gasteiger partial charge is 0.419 e. The van der Waals surface area contributed by atoms with Crippen LogP contribution in [0.25, 0.3) is 16.9 Å². The molecule has 0 saturated carbocycles. The molecule has 3 rings (SSSR count). The van der Waals surface area contributed by atoms with Crippen molar-refractivity contribution in [2.45, 2.75) is 6.18 Å². The maximum absolute atomic E-state index is 13.0. The summed E-state index contributed by atoms with van der Waals surface area (Å²) >= 11 is 12.1. The average Bonchev–Trinajstić information content (AvgIpc) is 2.80. The number of fused-ring (bicyclic) bond motifs is 1. The van der Waals surface area contributed by atoms with Gasteiger partial charge in [-0.3, -0.25) is 0 Å². The Labute approximate surface area is 127 Å². The van der Waals surface area contributed by atoms with Crippen LogP contribution in [-0.4, -0.2) is 9.38 Å². The minimum atomic E-state index is -4.48. The summed E-state index contributed by atoms with van der Waals surface area (Å²) in [6.45, 7) is 0. The lowest BCUT2D eigenvalue weighted by Crippen LogP contribution is -2.07. The van der Waals surface area contributed by atoms with Gasteiger partial charge in [0.05, 0.1) is 21.3 Å². The summed E-state index contributed by atoms with van der Waals surface area (Å²) in [5, 5.41) is 0.666. The van der Waals surface area contributed by atoms with Crippen LogP contribution in [0, 0.1) is 0 Å². The number of halogens is 5. The summed E-state index contributed by atoms with van der Waals surface area (Å²) in [7, 11) is 0. The molecular weight excluding hydrogens is 324 g/mol. The van der Waals surface area contributed by atoms with Crippen LogP contribution < -0.4 is 0 Å². The van der Waals surface area contributed by atoms with Crippen LogP contribution in [0.2, 0.25) is 10.0 Å². The van der Waals surface area contributed by atoms with Crippen molar-refractivity contribution in [3.63, 3.8) is 0 Å². The fourth-order valence-electron chi connectivity index (χ4n) is 2.10. The van der Waals surface area contributed by atoms with Crippen LogP contribution in [0.5, 0.6) is 0 Å². The highest BCUT2D eigenvalue weighted by Crippen LogP contribution is 2.36. The van der Waals surface area contributed by atoms with Crippen molar-refractivity contribution in [2.24, 2.45) is 0 Å². The zero-order chi connectivity index (χ0) is 15.2. The molecule has 0 aliphatic carbocycles. The molecule has 0 fully saturated rings. The number of hydrogen-bond donors (Lipinski definition) is 0. The molecule has 0 aliphatic heterocycles. The minimum Gasteiger partial charge on any atom is -0.306 e. The van der Waals surface area contributed by atoms with E-state index in [4.69, 9.17) is 23.2 Å². The number of nitrogens with zero attached hydrogens (tertiary/aromatic N) is 2.